The molecule has 1 amide bonds. The zero-order valence-electron chi connectivity index (χ0n) is 5.82. The molecule has 0 N–H and O–H groups in total. The van der Waals surface area contributed by atoms with E-state index in [0.717, 1.165) is 6.29 Å². The second-order valence-corrected chi connectivity index (χ2v) is 3.68. The number of carbonyl (C=O) groups is 2. The largest absolute Gasteiger partial charge is 0.325 e. The monoisotopic (exact) mass is 169 g/mol. The number of amides is 1. The topological polar surface area (TPSA) is 37.4 Å². The molecule has 58 valence electrons. The molecule has 3 nitrogen and oxygen atoms in total. The van der Waals surface area contributed by atoms with Gasteiger partial charge in [0.15, 0.2) is 0 Å². The highest BCUT2D eigenvalue weighted by molar-refractivity contribution is 8.02. The minimum absolute atomic E-state index is 0.162. The van der Waals surface area contributed by atoms with Crippen LogP contribution in [-0.2, 0) is 9.59 Å². The van der Waals surface area contributed by atoms with Crippen molar-refractivity contribution in [2.24, 2.45) is 0 Å². The fraction of sp³-hybridized carbons (Fsp3) is 0.429. The van der Waals surface area contributed by atoms with Crippen molar-refractivity contribution in [3.63, 3.8) is 0 Å². The molecule has 2 aliphatic heterocycles. The summed E-state index contributed by atoms with van der Waals surface area (Å²) in [4.78, 5) is 22.9. The Morgan fingerprint density at radius 1 is 1.73 bits per heavy atom. The summed E-state index contributed by atoms with van der Waals surface area (Å²) >= 11 is 1.56. The first kappa shape index (κ1) is 6.91. The van der Waals surface area contributed by atoms with Crippen LogP contribution in [0.3, 0.4) is 0 Å². The Bertz CT molecular complexity index is 249. The van der Waals surface area contributed by atoms with E-state index >= 15 is 0 Å². The predicted molar refractivity (Wildman–Crippen MR) is 41.9 cm³/mol. The van der Waals surface area contributed by atoms with Crippen molar-refractivity contribution in [3.8, 4) is 0 Å². The van der Waals surface area contributed by atoms with Crippen molar-refractivity contribution in [1.29, 1.82) is 0 Å². The zero-order valence-corrected chi connectivity index (χ0v) is 6.63. The molecule has 4 heteroatoms. The molecule has 0 unspecified atom stereocenters. The zero-order chi connectivity index (χ0) is 7.84. The van der Waals surface area contributed by atoms with Gasteiger partial charge < -0.3 is 4.90 Å². The molecule has 0 spiro atoms. The average Bonchev–Trinajstić information content (AvgIpc) is 2.03. The minimum atomic E-state index is 0.162. The third-order valence-electron chi connectivity index (χ3n) is 1.90. The highest BCUT2D eigenvalue weighted by Crippen LogP contribution is 2.34. The van der Waals surface area contributed by atoms with Gasteiger partial charge in [-0.15, -0.1) is 11.8 Å². The van der Waals surface area contributed by atoms with Crippen LogP contribution in [0.1, 0.15) is 6.42 Å². The van der Waals surface area contributed by atoms with Crippen molar-refractivity contribution in [2.75, 3.05) is 6.54 Å². The Morgan fingerprint density at radius 3 is 3.18 bits per heavy atom. The molecule has 2 rings (SSSR count). The number of nitrogens with zero attached hydrogens (tertiary/aromatic N) is 1. The van der Waals surface area contributed by atoms with Crippen LogP contribution in [0.4, 0.5) is 0 Å². The van der Waals surface area contributed by atoms with E-state index in [0.29, 0.717) is 23.9 Å². The molecule has 1 atom stereocenters. The van der Waals surface area contributed by atoms with Gasteiger partial charge >= 0.3 is 0 Å². The Kier molecular flexibility index (Phi) is 1.49. The molecular formula is C7H7NO2S. The van der Waals surface area contributed by atoms with Gasteiger partial charge in [0.25, 0.3) is 0 Å². The second-order valence-electron chi connectivity index (χ2n) is 2.63. The fourth-order valence-corrected chi connectivity index (χ4v) is 2.24. The maximum atomic E-state index is 10.9. The van der Waals surface area contributed by atoms with Gasteiger partial charge in [-0.05, 0) is 5.41 Å². The molecule has 0 saturated carbocycles. The van der Waals surface area contributed by atoms with E-state index in [-0.39, 0.29) is 5.91 Å². The summed E-state index contributed by atoms with van der Waals surface area (Å²) < 4.78 is 0. The maximum absolute atomic E-state index is 10.9. The van der Waals surface area contributed by atoms with Crippen LogP contribution in [0.25, 0.3) is 0 Å². The average molecular weight is 169 g/mol. The summed E-state index contributed by atoms with van der Waals surface area (Å²) in [5, 5.41) is 2.16. The summed E-state index contributed by atoms with van der Waals surface area (Å²) in [7, 11) is 0. The van der Waals surface area contributed by atoms with Gasteiger partial charge in [0.1, 0.15) is 6.29 Å². The van der Waals surface area contributed by atoms with E-state index in [1.165, 1.54) is 0 Å². The van der Waals surface area contributed by atoms with Crippen LogP contribution < -0.4 is 0 Å². The Morgan fingerprint density at radius 2 is 2.55 bits per heavy atom. The van der Waals surface area contributed by atoms with Gasteiger partial charge in [0.2, 0.25) is 5.91 Å². The van der Waals surface area contributed by atoms with E-state index in [4.69, 9.17) is 0 Å². The van der Waals surface area contributed by atoms with Gasteiger partial charge in [-0.3, -0.25) is 9.59 Å². The van der Waals surface area contributed by atoms with Crippen molar-refractivity contribution >= 4 is 24.0 Å². The maximum Gasteiger partial charge on any atom is 0.226 e. The lowest BCUT2D eigenvalue weighted by Gasteiger charge is -2.41. The van der Waals surface area contributed by atoms with E-state index in [1.54, 1.807) is 16.7 Å². The number of fused-ring (bicyclic) bond motifs is 1. The SMILES string of the molecule is O=CC1=CS[C@H]2CC(=O)N2C1. The third-order valence-corrected chi connectivity index (χ3v) is 3.07. The van der Waals surface area contributed by atoms with Crippen LogP contribution in [0.2, 0.25) is 0 Å². The van der Waals surface area contributed by atoms with Crippen molar-refractivity contribution in [2.45, 2.75) is 11.8 Å². The van der Waals surface area contributed by atoms with Crippen LogP contribution in [0.5, 0.6) is 0 Å². The second kappa shape index (κ2) is 2.37. The smallest absolute Gasteiger partial charge is 0.226 e. The molecule has 0 bridgehead atoms. The molecule has 0 aliphatic carbocycles. The lowest BCUT2D eigenvalue weighted by atomic mass is 10.1. The molecule has 0 radical (unpaired) electrons. The molecule has 1 saturated heterocycles. The first-order chi connectivity index (χ1) is 5.31. The lowest BCUT2D eigenvalue weighted by Crippen LogP contribution is -2.52. The highest BCUT2D eigenvalue weighted by Gasteiger charge is 2.38. The van der Waals surface area contributed by atoms with Crippen LogP contribution in [0, 0.1) is 0 Å². The predicted octanol–water partition coefficient (Wildman–Crippen LogP) is 0.374. The fourth-order valence-electron chi connectivity index (χ4n) is 1.20. The molecule has 0 aromatic carbocycles. The minimum Gasteiger partial charge on any atom is -0.325 e. The summed E-state index contributed by atoms with van der Waals surface area (Å²) in [6.45, 7) is 0.514. The van der Waals surface area contributed by atoms with E-state index in [1.807, 2.05) is 5.41 Å². The molecular weight excluding hydrogens is 162 g/mol. The molecule has 2 heterocycles. The van der Waals surface area contributed by atoms with Crippen molar-refractivity contribution in [3.05, 3.63) is 11.0 Å². The summed E-state index contributed by atoms with van der Waals surface area (Å²) in [5.41, 5.74) is 0.708. The molecule has 11 heavy (non-hydrogen) atoms. The number of hydrogen-bond acceptors (Lipinski definition) is 3. The van der Waals surface area contributed by atoms with E-state index < -0.39 is 0 Å². The van der Waals surface area contributed by atoms with Crippen LogP contribution in [-0.4, -0.2) is 29.0 Å². The molecule has 1 fully saturated rings. The quantitative estimate of drug-likeness (QED) is 0.420. The number of hydrogen-bond donors (Lipinski definition) is 0. The summed E-state index contributed by atoms with van der Waals surface area (Å²) in [6, 6.07) is 0. The van der Waals surface area contributed by atoms with Gasteiger partial charge in [0.05, 0.1) is 18.3 Å². The number of carbonyl (C=O) groups excluding carboxylic acids is 2. The molecule has 0 aromatic heterocycles. The lowest BCUT2D eigenvalue weighted by molar-refractivity contribution is -0.140. The van der Waals surface area contributed by atoms with Crippen molar-refractivity contribution < 1.29 is 9.59 Å². The van der Waals surface area contributed by atoms with E-state index in [2.05, 4.69) is 0 Å². The van der Waals surface area contributed by atoms with Crippen molar-refractivity contribution in [1.82, 2.24) is 4.90 Å². The first-order valence-corrected chi connectivity index (χ1v) is 4.34. The van der Waals surface area contributed by atoms with Crippen LogP contribution in [0.15, 0.2) is 11.0 Å². The number of aldehydes is 1. The van der Waals surface area contributed by atoms with Gasteiger partial charge in [0, 0.05) is 5.57 Å². The Balaban J connectivity index is 2.13. The molecule has 0 aromatic rings. The van der Waals surface area contributed by atoms with Gasteiger partial charge in [-0.25, -0.2) is 0 Å². The summed E-state index contributed by atoms with van der Waals surface area (Å²) in [5.74, 6) is 0.162. The van der Waals surface area contributed by atoms with Crippen LogP contribution >= 0.6 is 11.8 Å². The number of thioether (sulfide) groups is 1. The third kappa shape index (κ3) is 0.976. The van der Waals surface area contributed by atoms with Gasteiger partial charge in [-0.2, -0.15) is 0 Å². The summed E-state index contributed by atoms with van der Waals surface area (Å²) in [6.07, 6.45) is 1.45. The Hall–Kier alpha value is -0.770. The van der Waals surface area contributed by atoms with Gasteiger partial charge in [-0.1, -0.05) is 0 Å². The number of rotatable bonds is 1. The Labute approximate surface area is 68.4 Å². The molecule has 2 aliphatic rings. The first-order valence-electron chi connectivity index (χ1n) is 3.40. The van der Waals surface area contributed by atoms with E-state index in [9.17, 15) is 9.59 Å². The highest BCUT2D eigenvalue weighted by atomic mass is 32.2. The standard InChI is InChI=1S/C7H7NO2S/c9-3-5-2-8-6(10)1-7(8)11-4-5/h3-4,7H,1-2H2/t7-/m0/s1. The normalized spacial score (nSPS) is 28.7. The number of β-lactam (4-membered cyclic amide) rings is 1.